The molecule has 1 amide bonds. The van der Waals surface area contributed by atoms with Crippen LogP contribution in [0, 0.1) is 5.41 Å². The fourth-order valence-electron chi connectivity index (χ4n) is 2.76. The van der Waals surface area contributed by atoms with Crippen LogP contribution in [-0.2, 0) is 11.2 Å². The van der Waals surface area contributed by atoms with Gasteiger partial charge in [0.2, 0.25) is 5.91 Å². The largest absolute Gasteiger partial charge is 0.476 e. The zero-order chi connectivity index (χ0) is 16.1. The van der Waals surface area contributed by atoms with E-state index >= 15 is 0 Å². The maximum Gasteiger partial charge on any atom is 0.358 e. The van der Waals surface area contributed by atoms with E-state index in [1.807, 2.05) is 26.8 Å². The van der Waals surface area contributed by atoms with Gasteiger partial charge in [0.1, 0.15) is 12.1 Å². The Morgan fingerprint density at radius 1 is 1.45 bits per heavy atom. The number of hydrogen-bond acceptors (Lipinski definition) is 4. The first kappa shape index (κ1) is 14.5. The van der Waals surface area contributed by atoms with Crippen molar-refractivity contribution in [2.24, 2.45) is 5.41 Å². The minimum absolute atomic E-state index is 0.0165. The molecular weight excluding hydrogens is 284 g/mol. The molecule has 0 spiro atoms. The SMILES string of the molecule is CCc1cc(N2CCC(C)(C)C2=O)nc2c(C(=O)O)ncn12. The zero-order valence-electron chi connectivity index (χ0n) is 12.8. The van der Waals surface area contributed by atoms with Crippen LogP contribution in [0.3, 0.4) is 0 Å². The van der Waals surface area contributed by atoms with Gasteiger partial charge in [-0.3, -0.25) is 14.1 Å². The van der Waals surface area contributed by atoms with Crippen LogP contribution >= 0.6 is 0 Å². The Hall–Kier alpha value is -2.44. The molecule has 0 saturated carbocycles. The van der Waals surface area contributed by atoms with Crippen LogP contribution in [0.1, 0.15) is 43.4 Å². The number of carbonyl (C=O) groups is 2. The lowest BCUT2D eigenvalue weighted by Gasteiger charge is -2.19. The van der Waals surface area contributed by atoms with Crippen molar-refractivity contribution in [1.29, 1.82) is 0 Å². The summed E-state index contributed by atoms with van der Waals surface area (Å²) in [6, 6.07) is 1.83. The third-order valence-electron chi connectivity index (χ3n) is 4.19. The Labute approximate surface area is 127 Å². The predicted octanol–water partition coefficient (Wildman–Crippen LogP) is 1.75. The lowest BCUT2D eigenvalue weighted by Crippen LogP contribution is -2.31. The van der Waals surface area contributed by atoms with Crippen molar-refractivity contribution in [2.75, 3.05) is 11.4 Å². The van der Waals surface area contributed by atoms with E-state index in [1.54, 1.807) is 9.30 Å². The van der Waals surface area contributed by atoms with Gasteiger partial charge in [0.15, 0.2) is 11.3 Å². The van der Waals surface area contributed by atoms with E-state index in [9.17, 15) is 14.7 Å². The van der Waals surface area contributed by atoms with E-state index in [0.717, 1.165) is 12.1 Å². The monoisotopic (exact) mass is 302 g/mol. The van der Waals surface area contributed by atoms with E-state index in [2.05, 4.69) is 9.97 Å². The number of carboxylic acid groups (broad SMARTS) is 1. The Balaban J connectivity index is 2.17. The summed E-state index contributed by atoms with van der Waals surface area (Å²) in [6.45, 7) is 6.38. The average Bonchev–Trinajstić information content (AvgIpc) is 3.00. The second kappa shape index (κ2) is 4.79. The molecule has 3 rings (SSSR count). The van der Waals surface area contributed by atoms with Crippen LogP contribution < -0.4 is 4.90 Å². The number of carboxylic acids is 1. The van der Waals surface area contributed by atoms with Gasteiger partial charge in [-0.1, -0.05) is 20.8 Å². The summed E-state index contributed by atoms with van der Waals surface area (Å²) in [6.07, 6.45) is 2.90. The molecule has 3 heterocycles. The number of aryl methyl sites for hydroxylation is 1. The zero-order valence-corrected chi connectivity index (χ0v) is 12.8. The third kappa shape index (κ3) is 2.04. The summed E-state index contributed by atoms with van der Waals surface area (Å²) in [5.41, 5.74) is 0.648. The minimum atomic E-state index is -1.12. The Morgan fingerprint density at radius 3 is 2.73 bits per heavy atom. The lowest BCUT2D eigenvalue weighted by molar-refractivity contribution is -0.124. The quantitative estimate of drug-likeness (QED) is 0.933. The highest BCUT2D eigenvalue weighted by Gasteiger charge is 2.40. The second-order valence-corrected chi connectivity index (χ2v) is 6.14. The van der Waals surface area contributed by atoms with Crippen LogP contribution in [0.25, 0.3) is 5.65 Å². The van der Waals surface area contributed by atoms with E-state index in [1.165, 1.54) is 6.33 Å². The van der Waals surface area contributed by atoms with E-state index < -0.39 is 11.4 Å². The van der Waals surface area contributed by atoms with Crippen molar-refractivity contribution in [3.63, 3.8) is 0 Å². The second-order valence-electron chi connectivity index (χ2n) is 6.14. The number of fused-ring (bicyclic) bond motifs is 1. The van der Waals surface area contributed by atoms with Gasteiger partial charge in [0.25, 0.3) is 0 Å². The van der Waals surface area contributed by atoms with Crippen molar-refractivity contribution < 1.29 is 14.7 Å². The maximum absolute atomic E-state index is 12.5. The van der Waals surface area contributed by atoms with Crippen LogP contribution in [-0.4, -0.2) is 37.9 Å². The first-order chi connectivity index (χ1) is 10.3. The first-order valence-corrected chi connectivity index (χ1v) is 7.27. The van der Waals surface area contributed by atoms with Gasteiger partial charge < -0.3 is 5.11 Å². The fourth-order valence-corrected chi connectivity index (χ4v) is 2.76. The summed E-state index contributed by atoms with van der Waals surface area (Å²) in [5, 5.41) is 9.23. The lowest BCUT2D eigenvalue weighted by atomic mass is 9.92. The molecule has 0 unspecified atom stereocenters. The smallest absolute Gasteiger partial charge is 0.358 e. The molecule has 2 aromatic rings. The predicted molar refractivity (Wildman–Crippen MR) is 80.1 cm³/mol. The van der Waals surface area contributed by atoms with Gasteiger partial charge >= 0.3 is 5.97 Å². The number of aromatic carboxylic acids is 1. The van der Waals surface area contributed by atoms with E-state index in [0.29, 0.717) is 18.8 Å². The van der Waals surface area contributed by atoms with Crippen molar-refractivity contribution in [2.45, 2.75) is 33.6 Å². The molecule has 0 atom stereocenters. The third-order valence-corrected chi connectivity index (χ3v) is 4.19. The minimum Gasteiger partial charge on any atom is -0.476 e. The summed E-state index contributed by atoms with van der Waals surface area (Å²) < 4.78 is 1.67. The van der Waals surface area contributed by atoms with Gasteiger partial charge in [-0.15, -0.1) is 0 Å². The van der Waals surface area contributed by atoms with Crippen molar-refractivity contribution in [1.82, 2.24) is 14.4 Å². The van der Waals surface area contributed by atoms with Gasteiger partial charge in [-0.25, -0.2) is 14.8 Å². The van der Waals surface area contributed by atoms with Gasteiger partial charge in [-0.2, -0.15) is 0 Å². The van der Waals surface area contributed by atoms with E-state index in [-0.39, 0.29) is 17.2 Å². The molecule has 1 aliphatic heterocycles. The topological polar surface area (TPSA) is 87.8 Å². The highest BCUT2D eigenvalue weighted by molar-refractivity contribution is 5.99. The van der Waals surface area contributed by atoms with Crippen LogP contribution in [0.4, 0.5) is 5.82 Å². The van der Waals surface area contributed by atoms with Crippen molar-refractivity contribution in [3.8, 4) is 0 Å². The Bertz CT molecular complexity index is 778. The van der Waals surface area contributed by atoms with Gasteiger partial charge in [-0.05, 0) is 12.8 Å². The number of carbonyl (C=O) groups excluding carboxylic acids is 1. The normalized spacial score (nSPS) is 17.4. The van der Waals surface area contributed by atoms with Gasteiger partial charge in [0, 0.05) is 23.7 Å². The fraction of sp³-hybridized carbons (Fsp3) is 0.467. The van der Waals surface area contributed by atoms with Gasteiger partial charge in [0.05, 0.1) is 0 Å². The molecule has 0 aromatic carbocycles. The Morgan fingerprint density at radius 2 is 2.18 bits per heavy atom. The van der Waals surface area contributed by atoms with Crippen LogP contribution in [0.15, 0.2) is 12.4 Å². The molecule has 1 aliphatic rings. The molecule has 116 valence electrons. The molecule has 0 radical (unpaired) electrons. The van der Waals surface area contributed by atoms with Crippen LogP contribution in [0.5, 0.6) is 0 Å². The highest BCUT2D eigenvalue weighted by Crippen LogP contribution is 2.33. The van der Waals surface area contributed by atoms with Crippen molar-refractivity contribution >= 4 is 23.3 Å². The first-order valence-electron chi connectivity index (χ1n) is 7.27. The van der Waals surface area contributed by atoms with Crippen molar-refractivity contribution in [3.05, 3.63) is 23.8 Å². The maximum atomic E-state index is 12.5. The number of rotatable bonds is 3. The number of nitrogens with zero attached hydrogens (tertiary/aromatic N) is 4. The molecule has 1 saturated heterocycles. The molecular formula is C15H18N4O3. The molecule has 1 N–H and O–H groups in total. The number of anilines is 1. The summed E-state index contributed by atoms with van der Waals surface area (Å²) in [5.74, 6) is -0.604. The molecule has 7 heteroatoms. The number of imidazole rings is 1. The number of amides is 1. The molecule has 0 aliphatic carbocycles. The molecule has 1 fully saturated rings. The standard InChI is InChI=1S/C15H18N4O3/c1-4-9-7-10(18-6-5-15(2,3)14(18)22)17-12-11(13(20)21)16-8-19(9)12/h7-8H,4-6H2,1-3H3,(H,20,21). The highest BCUT2D eigenvalue weighted by atomic mass is 16.4. The van der Waals surface area contributed by atoms with Crippen LogP contribution in [0.2, 0.25) is 0 Å². The summed E-state index contributed by atoms with van der Waals surface area (Å²) in [7, 11) is 0. The summed E-state index contributed by atoms with van der Waals surface area (Å²) >= 11 is 0. The molecule has 2 aromatic heterocycles. The number of hydrogen-bond donors (Lipinski definition) is 1. The molecule has 22 heavy (non-hydrogen) atoms. The number of aromatic nitrogens is 3. The Kier molecular flexibility index (Phi) is 3.16. The molecule has 0 bridgehead atoms. The average molecular weight is 302 g/mol. The van der Waals surface area contributed by atoms with E-state index in [4.69, 9.17) is 0 Å². The summed E-state index contributed by atoms with van der Waals surface area (Å²) in [4.78, 5) is 33.7. The molecule has 7 nitrogen and oxygen atoms in total.